The summed E-state index contributed by atoms with van der Waals surface area (Å²) in [7, 11) is 0. The Balaban J connectivity index is 2.24. The predicted octanol–water partition coefficient (Wildman–Crippen LogP) is 4.17. The van der Waals surface area contributed by atoms with Gasteiger partial charge in [-0.1, -0.05) is 17.7 Å². The molecule has 0 bridgehead atoms. The van der Waals surface area contributed by atoms with E-state index in [2.05, 4.69) is 9.98 Å². The molecule has 5 heteroatoms. The number of rotatable bonds is 1. The van der Waals surface area contributed by atoms with Crippen LogP contribution in [0.1, 0.15) is 11.1 Å². The second kappa shape index (κ2) is 5.13. The van der Waals surface area contributed by atoms with Crippen LogP contribution in [-0.4, -0.2) is 18.5 Å². The van der Waals surface area contributed by atoms with Crippen LogP contribution in [0.4, 0.5) is 14.5 Å². The number of aliphatic imine (C=N–C) groups is 2. The van der Waals surface area contributed by atoms with Crippen LogP contribution in [0.2, 0.25) is 5.02 Å². The Labute approximate surface area is 119 Å². The summed E-state index contributed by atoms with van der Waals surface area (Å²) in [6.07, 6.45) is 1.62. The maximum Gasteiger partial charge on any atom is 0.168 e. The van der Waals surface area contributed by atoms with Crippen molar-refractivity contribution >= 4 is 29.2 Å². The monoisotopic (exact) mass is 290 g/mol. The average Bonchev–Trinajstić information content (AvgIpc) is 2.64. The van der Waals surface area contributed by atoms with E-state index in [0.717, 1.165) is 6.07 Å². The Morgan fingerprint density at radius 3 is 2.75 bits per heavy atom. The molecule has 2 nitrogen and oxygen atoms in total. The van der Waals surface area contributed by atoms with E-state index in [1.807, 2.05) is 0 Å². The summed E-state index contributed by atoms with van der Waals surface area (Å²) in [5.41, 5.74) is 1.70. The molecule has 0 amide bonds. The van der Waals surface area contributed by atoms with E-state index in [9.17, 15) is 8.78 Å². The lowest BCUT2D eigenvalue weighted by Crippen LogP contribution is -2.08. The van der Waals surface area contributed by atoms with E-state index in [4.69, 9.17) is 11.6 Å². The van der Waals surface area contributed by atoms with Crippen LogP contribution in [0.25, 0.3) is 0 Å². The number of fused-ring (bicyclic) bond motifs is 1. The van der Waals surface area contributed by atoms with Crippen LogP contribution in [-0.2, 0) is 0 Å². The van der Waals surface area contributed by atoms with Crippen LogP contribution in [0.3, 0.4) is 0 Å². The highest BCUT2D eigenvalue weighted by Gasteiger charge is 2.19. The van der Waals surface area contributed by atoms with Gasteiger partial charge < -0.3 is 0 Å². The minimum absolute atomic E-state index is 0.110. The quantitative estimate of drug-likeness (QED) is 0.753. The van der Waals surface area contributed by atoms with E-state index in [-0.39, 0.29) is 5.56 Å². The van der Waals surface area contributed by atoms with Gasteiger partial charge in [-0.3, -0.25) is 9.98 Å². The molecule has 0 saturated heterocycles. The Hall–Kier alpha value is -2.07. The summed E-state index contributed by atoms with van der Waals surface area (Å²) >= 11 is 5.98. The molecule has 0 fully saturated rings. The van der Waals surface area contributed by atoms with E-state index in [0.29, 0.717) is 28.5 Å². The van der Waals surface area contributed by atoms with Crippen molar-refractivity contribution < 1.29 is 8.78 Å². The van der Waals surface area contributed by atoms with E-state index >= 15 is 0 Å². The third kappa shape index (κ3) is 2.23. The van der Waals surface area contributed by atoms with Gasteiger partial charge in [-0.25, -0.2) is 8.78 Å². The van der Waals surface area contributed by atoms with Crippen molar-refractivity contribution in [2.45, 2.75) is 0 Å². The van der Waals surface area contributed by atoms with Crippen molar-refractivity contribution in [1.82, 2.24) is 0 Å². The smallest absolute Gasteiger partial charge is 0.168 e. The predicted molar refractivity (Wildman–Crippen MR) is 76.5 cm³/mol. The average molecular weight is 291 g/mol. The molecule has 20 heavy (non-hydrogen) atoms. The van der Waals surface area contributed by atoms with Crippen molar-refractivity contribution in [2.75, 3.05) is 6.54 Å². The molecule has 0 aromatic heterocycles. The van der Waals surface area contributed by atoms with Gasteiger partial charge in [-0.2, -0.15) is 0 Å². The second-order valence-electron chi connectivity index (χ2n) is 4.26. The number of hydrogen-bond donors (Lipinski definition) is 0. The zero-order valence-corrected chi connectivity index (χ0v) is 11.0. The molecular weight excluding hydrogens is 282 g/mol. The van der Waals surface area contributed by atoms with Gasteiger partial charge in [-0.15, -0.1) is 0 Å². The minimum Gasteiger partial charge on any atom is -0.278 e. The zero-order valence-electron chi connectivity index (χ0n) is 10.3. The third-order valence-electron chi connectivity index (χ3n) is 2.98. The van der Waals surface area contributed by atoms with Crippen molar-refractivity contribution in [3.63, 3.8) is 0 Å². The lowest BCUT2D eigenvalue weighted by molar-refractivity contribution is 0.507. The fourth-order valence-electron chi connectivity index (χ4n) is 2.08. The Kier molecular flexibility index (Phi) is 3.32. The van der Waals surface area contributed by atoms with E-state index in [1.165, 1.54) is 12.1 Å². The molecule has 2 aromatic carbocycles. The highest BCUT2D eigenvalue weighted by atomic mass is 35.5. The first kappa shape index (κ1) is 12.9. The fourth-order valence-corrected chi connectivity index (χ4v) is 2.26. The molecule has 1 aliphatic heterocycles. The van der Waals surface area contributed by atoms with Crippen LogP contribution in [0.15, 0.2) is 46.4 Å². The van der Waals surface area contributed by atoms with Crippen LogP contribution < -0.4 is 0 Å². The summed E-state index contributed by atoms with van der Waals surface area (Å²) < 4.78 is 27.4. The Morgan fingerprint density at radius 2 is 1.90 bits per heavy atom. The first-order chi connectivity index (χ1) is 9.66. The normalized spacial score (nSPS) is 13.7. The summed E-state index contributed by atoms with van der Waals surface area (Å²) in [4.78, 5) is 8.52. The molecule has 1 heterocycles. The molecule has 0 N–H and O–H groups in total. The molecule has 0 spiro atoms. The van der Waals surface area contributed by atoms with Gasteiger partial charge in [0.1, 0.15) is 0 Å². The van der Waals surface area contributed by atoms with E-state index < -0.39 is 11.6 Å². The molecule has 0 saturated carbocycles. The van der Waals surface area contributed by atoms with Crippen molar-refractivity contribution in [3.05, 3.63) is 64.2 Å². The largest absolute Gasteiger partial charge is 0.278 e. The molecule has 0 radical (unpaired) electrons. The highest BCUT2D eigenvalue weighted by molar-refractivity contribution is 6.31. The SMILES string of the molecule is Fc1cccc(C2=NCC=Nc3ccc(Cl)cc32)c1F. The Bertz CT molecular complexity index is 739. The van der Waals surface area contributed by atoms with Gasteiger partial charge in [-0.05, 0) is 30.3 Å². The van der Waals surface area contributed by atoms with Crippen molar-refractivity contribution in [2.24, 2.45) is 9.98 Å². The number of benzene rings is 2. The third-order valence-corrected chi connectivity index (χ3v) is 3.22. The van der Waals surface area contributed by atoms with E-state index in [1.54, 1.807) is 24.4 Å². The lowest BCUT2D eigenvalue weighted by atomic mass is 10.00. The molecule has 100 valence electrons. The molecular formula is C15H9ClF2N2. The van der Waals surface area contributed by atoms with Gasteiger partial charge in [0.05, 0.1) is 17.9 Å². The topological polar surface area (TPSA) is 24.7 Å². The molecule has 2 aromatic rings. The van der Waals surface area contributed by atoms with Gasteiger partial charge >= 0.3 is 0 Å². The van der Waals surface area contributed by atoms with Gasteiger partial charge in [0.15, 0.2) is 11.6 Å². The Morgan fingerprint density at radius 1 is 1.05 bits per heavy atom. The van der Waals surface area contributed by atoms with Crippen LogP contribution in [0.5, 0.6) is 0 Å². The van der Waals surface area contributed by atoms with Crippen LogP contribution in [0, 0.1) is 11.6 Å². The molecule has 3 rings (SSSR count). The van der Waals surface area contributed by atoms with Gasteiger partial charge in [0.25, 0.3) is 0 Å². The summed E-state index contributed by atoms with van der Waals surface area (Å²) in [6, 6.07) is 9.10. The van der Waals surface area contributed by atoms with Gasteiger partial charge in [0, 0.05) is 22.4 Å². The standard InChI is InChI=1S/C15H9ClF2N2/c16-9-4-5-13-11(8-9)15(20-7-6-19-13)10-2-1-3-12(17)14(10)18/h1-6,8H,7H2. The molecule has 0 aliphatic carbocycles. The first-order valence-corrected chi connectivity index (χ1v) is 6.36. The van der Waals surface area contributed by atoms with Crippen LogP contribution >= 0.6 is 11.6 Å². The summed E-state index contributed by atoms with van der Waals surface area (Å²) in [6.45, 7) is 0.303. The first-order valence-electron chi connectivity index (χ1n) is 5.98. The summed E-state index contributed by atoms with van der Waals surface area (Å²) in [5.74, 6) is -1.82. The van der Waals surface area contributed by atoms with Crippen molar-refractivity contribution in [3.8, 4) is 0 Å². The minimum atomic E-state index is -0.918. The van der Waals surface area contributed by atoms with Crippen molar-refractivity contribution in [1.29, 1.82) is 0 Å². The second-order valence-corrected chi connectivity index (χ2v) is 4.70. The molecule has 1 aliphatic rings. The maximum atomic E-state index is 14.0. The fraction of sp³-hybridized carbons (Fsp3) is 0.0667. The van der Waals surface area contributed by atoms with Gasteiger partial charge in [0.2, 0.25) is 0 Å². The molecule has 0 atom stereocenters. The maximum absolute atomic E-state index is 14.0. The lowest BCUT2D eigenvalue weighted by Gasteiger charge is -2.10. The molecule has 0 unspecified atom stereocenters. The number of halogens is 3. The number of hydrogen-bond acceptors (Lipinski definition) is 2. The summed E-state index contributed by atoms with van der Waals surface area (Å²) in [5, 5.41) is 0.491. The zero-order chi connectivity index (χ0) is 14.1. The number of nitrogens with zero attached hydrogens (tertiary/aromatic N) is 2. The highest BCUT2D eigenvalue weighted by Crippen LogP contribution is 2.28.